The lowest BCUT2D eigenvalue weighted by atomic mass is 9.97. The number of ether oxygens (including phenoxy) is 1. The molecule has 0 unspecified atom stereocenters. The Bertz CT molecular complexity index is 1660. The van der Waals surface area contributed by atoms with Gasteiger partial charge in [-0.25, -0.2) is 0 Å². The summed E-state index contributed by atoms with van der Waals surface area (Å²) in [6.07, 6.45) is 6.15. The van der Waals surface area contributed by atoms with Gasteiger partial charge in [-0.05, 0) is 30.7 Å². The first-order valence-electron chi connectivity index (χ1n) is 11.7. The Labute approximate surface area is 206 Å². The predicted molar refractivity (Wildman–Crippen MR) is 137 cm³/mol. The number of amides is 2. The first-order valence-corrected chi connectivity index (χ1v) is 11.7. The molecular weight excluding hydrogens is 454 g/mol. The van der Waals surface area contributed by atoms with Crippen LogP contribution >= 0.6 is 0 Å². The van der Waals surface area contributed by atoms with Gasteiger partial charge in [0.2, 0.25) is 0 Å². The molecule has 4 heterocycles. The van der Waals surface area contributed by atoms with E-state index in [4.69, 9.17) is 9.84 Å². The Morgan fingerprint density at radius 3 is 2.42 bits per heavy atom. The van der Waals surface area contributed by atoms with Gasteiger partial charge in [-0.15, -0.1) is 0 Å². The van der Waals surface area contributed by atoms with Crippen LogP contribution in [0.15, 0.2) is 79.3 Å². The number of imide groups is 1. The van der Waals surface area contributed by atoms with E-state index in [0.29, 0.717) is 30.0 Å². The third-order valence-electron chi connectivity index (χ3n) is 6.45. The maximum atomic E-state index is 13.2. The number of methoxy groups -OCH3 is 1. The van der Waals surface area contributed by atoms with Gasteiger partial charge < -0.3 is 9.30 Å². The summed E-state index contributed by atoms with van der Waals surface area (Å²) in [5, 5.41) is 9.02. The fraction of sp³-hybridized carbons (Fsp3) is 0.143. The molecule has 0 fully saturated rings. The van der Waals surface area contributed by atoms with E-state index in [1.165, 1.54) is 0 Å². The molecule has 2 aromatic carbocycles. The molecule has 36 heavy (non-hydrogen) atoms. The number of aromatic nitrogens is 4. The van der Waals surface area contributed by atoms with Crippen LogP contribution in [0, 0.1) is 0 Å². The van der Waals surface area contributed by atoms with Crippen molar-refractivity contribution in [2.45, 2.75) is 13.0 Å². The van der Waals surface area contributed by atoms with E-state index >= 15 is 0 Å². The number of benzene rings is 2. The first kappa shape index (κ1) is 21.9. The maximum absolute atomic E-state index is 13.2. The minimum Gasteiger partial charge on any atom is -0.385 e. The van der Waals surface area contributed by atoms with Crippen molar-refractivity contribution in [2.75, 3.05) is 13.7 Å². The highest BCUT2D eigenvalue weighted by atomic mass is 16.5. The second kappa shape index (κ2) is 8.90. The second-order valence-electron chi connectivity index (χ2n) is 8.61. The fourth-order valence-corrected chi connectivity index (χ4v) is 4.87. The molecule has 5 aromatic rings. The van der Waals surface area contributed by atoms with Crippen molar-refractivity contribution in [1.29, 1.82) is 0 Å². The molecule has 0 aliphatic carbocycles. The molecule has 0 bridgehead atoms. The molecule has 0 saturated carbocycles. The van der Waals surface area contributed by atoms with Crippen molar-refractivity contribution in [3.8, 4) is 5.69 Å². The first-order chi connectivity index (χ1) is 17.7. The van der Waals surface area contributed by atoms with Gasteiger partial charge in [-0.3, -0.25) is 24.6 Å². The predicted octanol–water partition coefficient (Wildman–Crippen LogP) is 3.98. The van der Waals surface area contributed by atoms with Gasteiger partial charge >= 0.3 is 0 Å². The van der Waals surface area contributed by atoms with Crippen LogP contribution in [0.4, 0.5) is 0 Å². The smallest absolute Gasteiger partial charge is 0.261 e. The second-order valence-corrected chi connectivity index (χ2v) is 8.61. The van der Waals surface area contributed by atoms with Gasteiger partial charge in [0.15, 0.2) is 0 Å². The van der Waals surface area contributed by atoms with Crippen LogP contribution in [0.3, 0.4) is 0 Å². The van der Waals surface area contributed by atoms with E-state index in [0.717, 1.165) is 33.9 Å². The van der Waals surface area contributed by atoms with Crippen molar-refractivity contribution in [3.63, 3.8) is 0 Å². The minimum atomic E-state index is -0.444. The highest BCUT2D eigenvalue weighted by molar-refractivity contribution is 6.50. The lowest BCUT2D eigenvalue weighted by Crippen LogP contribution is -2.22. The summed E-state index contributed by atoms with van der Waals surface area (Å²) in [7, 11) is 1.67. The van der Waals surface area contributed by atoms with Gasteiger partial charge in [0, 0.05) is 49.0 Å². The average molecular weight is 478 g/mol. The van der Waals surface area contributed by atoms with Crippen LogP contribution in [0.2, 0.25) is 0 Å². The Balaban J connectivity index is 1.60. The quantitative estimate of drug-likeness (QED) is 0.283. The molecule has 2 amide bonds. The molecule has 0 spiro atoms. The van der Waals surface area contributed by atoms with Gasteiger partial charge in [0.25, 0.3) is 11.8 Å². The zero-order valence-corrected chi connectivity index (χ0v) is 19.6. The number of hydrogen-bond acceptors (Lipinski definition) is 5. The van der Waals surface area contributed by atoms with E-state index in [9.17, 15) is 9.59 Å². The fourth-order valence-electron chi connectivity index (χ4n) is 4.87. The molecule has 8 nitrogen and oxygen atoms in total. The van der Waals surface area contributed by atoms with Crippen LogP contribution in [-0.2, 0) is 20.9 Å². The third-order valence-corrected chi connectivity index (χ3v) is 6.45. The number of fused-ring (bicyclic) bond motifs is 2. The summed E-state index contributed by atoms with van der Waals surface area (Å²) in [4.78, 5) is 30.7. The number of carbonyl (C=O) groups is 2. The highest BCUT2D eigenvalue weighted by Gasteiger charge is 2.36. The summed E-state index contributed by atoms with van der Waals surface area (Å²) in [5.41, 5.74) is 4.46. The minimum absolute atomic E-state index is 0.288. The molecule has 1 aliphatic heterocycles. The number of rotatable bonds is 7. The van der Waals surface area contributed by atoms with E-state index in [1.807, 2.05) is 76.1 Å². The van der Waals surface area contributed by atoms with Crippen LogP contribution in [0.1, 0.15) is 17.7 Å². The van der Waals surface area contributed by atoms with Crippen LogP contribution in [0.25, 0.3) is 38.6 Å². The zero-order valence-electron chi connectivity index (χ0n) is 19.6. The van der Waals surface area contributed by atoms with Gasteiger partial charge in [-0.1, -0.05) is 36.4 Å². The maximum Gasteiger partial charge on any atom is 0.261 e. The molecule has 8 heteroatoms. The van der Waals surface area contributed by atoms with E-state index in [-0.39, 0.29) is 5.57 Å². The third kappa shape index (κ3) is 3.50. The Morgan fingerprint density at radius 2 is 1.64 bits per heavy atom. The topological polar surface area (TPSA) is 91.0 Å². The number of nitrogens with zero attached hydrogens (tertiary/aromatic N) is 4. The Hall–Kier alpha value is -4.56. The molecule has 3 aromatic heterocycles. The number of nitrogens with one attached hydrogen (secondary N) is 1. The van der Waals surface area contributed by atoms with Crippen LogP contribution in [-0.4, -0.2) is 44.9 Å². The summed E-state index contributed by atoms with van der Waals surface area (Å²) in [6.45, 7) is 1.23. The number of aryl methyl sites for hydroxylation is 1. The highest BCUT2D eigenvalue weighted by Crippen LogP contribution is 2.38. The lowest BCUT2D eigenvalue weighted by molar-refractivity contribution is -0.122. The largest absolute Gasteiger partial charge is 0.385 e. The summed E-state index contributed by atoms with van der Waals surface area (Å²) in [6, 6.07) is 19.4. The van der Waals surface area contributed by atoms with Crippen molar-refractivity contribution in [2.24, 2.45) is 0 Å². The van der Waals surface area contributed by atoms with Gasteiger partial charge in [-0.2, -0.15) is 5.10 Å². The molecule has 6 rings (SSSR count). The number of hydrogen-bond donors (Lipinski definition) is 1. The molecule has 0 saturated heterocycles. The number of pyridine rings is 1. The molecular formula is C28H23N5O3. The molecule has 178 valence electrons. The Kier molecular flexibility index (Phi) is 5.42. The van der Waals surface area contributed by atoms with Crippen molar-refractivity contribution < 1.29 is 14.3 Å². The molecule has 1 aliphatic rings. The monoisotopic (exact) mass is 477 g/mol. The normalized spacial score (nSPS) is 13.8. The summed E-state index contributed by atoms with van der Waals surface area (Å²) in [5.74, 6) is -0.873. The van der Waals surface area contributed by atoms with Crippen molar-refractivity contribution >= 4 is 44.8 Å². The van der Waals surface area contributed by atoms with Crippen molar-refractivity contribution in [3.05, 3.63) is 90.5 Å². The molecule has 0 atom stereocenters. The van der Waals surface area contributed by atoms with Gasteiger partial charge in [0.05, 0.1) is 34.1 Å². The SMILES string of the molecule is COCCCn1nc(C2=C(c3cn(-c4cccnc4)c4ccccc34)C(=O)NC2=O)c2ccccc21. The lowest BCUT2D eigenvalue weighted by Gasteiger charge is -2.03. The average Bonchev–Trinajstić information content (AvgIpc) is 3.55. The number of carbonyl (C=O) groups excluding carboxylic acids is 2. The zero-order chi connectivity index (χ0) is 24.6. The summed E-state index contributed by atoms with van der Waals surface area (Å²) < 4.78 is 9.07. The summed E-state index contributed by atoms with van der Waals surface area (Å²) >= 11 is 0. The number of para-hydroxylation sites is 2. The van der Waals surface area contributed by atoms with Gasteiger partial charge in [0.1, 0.15) is 5.69 Å². The van der Waals surface area contributed by atoms with E-state index in [1.54, 1.807) is 19.5 Å². The standard InChI is InChI=1S/C28H23N5O3/c1-36-15-7-14-33-23-12-5-3-10-20(23)26(31-33)25-24(27(34)30-28(25)35)21-17-32(18-8-6-13-29-16-18)22-11-4-2-9-19(21)22/h2-6,8-13,16-17H,7,14-15H2,1H3,(H,30,34,35). The van der Waals surface area contributed by atoms with E-state index < -0.39 is 11.8 Å². The van der Waals surface area contributed by atoms with Crippen LogP contribution in [0.5, 0.6) is 0 Å². The Morgan fingerprint density at radius 1 is 0.889 bits per heavy atom. The molecule has 1 N–H and O–H groups in total. The molecule has 0 radical (unpaired) electrons. The van der Waals surface area contributed by atoms with E-state index in [2.05, 4.69) is 10.3 Å². The van der Waals surface area contributed by atoms with Crippen LogP contribution < -0.4 is 5.32 Å². The van der Waals surface area contributed by atoms with Crippen molar-refractivity contribution in [1.82, 2.24) is 24.6 Å².